The smallest absolute Gasteiger partial charge is 0.326 e. The van der Waals surface area contributed by atoms with Gasteiger partial charge in [0, 0.05) is 6.54 Å². The largest absolute Gasteiger partial charge is 0.480 e. The molecule has 5 heteroatoms. The van der Waals surface area contributed by atoms with Gasteiger partial charge in [0.2, 0.25) is 0 Å². The quantitative estimate of drug-likeness (QED) is 0.635. The minimum absolute atomic E-state index is 0.163. The third-order valence-electron chi connectivity index (χ3n) is 2.53. The molecule has 0 aromatic heterocycles. The number of alkyl halides is 2. The number of rotatable bonds is 1. The van der Waals surface area contributed by atoms with E-state index in [4.69, 9.17) is 5.11 Å². The Hall–Kier alpha value is -0.710. The van der Waals surface area contributed by atoms with E-state index >= 15 is 0 Å². The van der Waals surface area contributed by atoms with Crippen LogP contribution < -0.4 is 0 Å². The van der Waals surface area contributed by atoms with Crippen LogP contribution >= 0.6 is 0 Å². The molecule has 0 radical (unpaired) electrons. The Morgan fingerprint density at radius 2 is 2.17 bits per heavy atom. The Balaban J connectivity index is 2.95. The first-order valence-electron chi connectivity index (χ1n) is 3.63. The van der Waals surface area contributed by atoms with Gasteiger partial charge in [-0.3, -0.25) is 9.69 Å². The molecular weight excluding hydrogens is 168 g/mol. The molecule has 1 saturated heterocycles. The van der Waals surface area contributed by atoms with Crippen molar-refractivity contribution in [3.8, 4) is 0 Å². The van der Waals surface area contributed by atoms with Crippen LogP contribution in [0.4, 0.5) is 8.78 Å². The molecule has 1 fully saturated rings. The van der Waals surface area contributed by atoms with Gasteiger partial charge in [-0.2, -0.15) is 0 Å². The van der Waals surface area contributed by atoms with Crippen LogP contribution in [0.3, 0.4) is 0 Å². The van der Waals surface area contributed by atoms with Gasteiger partial charge >= 0.3 is 5.97 Å². The lowest BCUT2D eigenvalue weighted by Crippen LogP contribution is -2.51. The second-order valence-electron chi connectivity index (χ2n) is 3.25. The first-order chi connectivity index (χ1) is 5.40. The summed E-state index contributed by atoms with van der Waals surface area (Å²) in [6, 6.07) is 0. The standard InChI is InChI=1S/C7H11F2NO2/c1-7(6(11)12)5(9)4(8)3-10(7)2/h4-5H,3H2,1-2H3,(H,11,12). The van der Waals surface area contributed by atoms with Crippen LogP contribution in [-0.2, 0) is 4.79 Å². The third-order valence-corrected chi connectivity index (χ3v) is 2.53. The van der Waals surface area contributed by atoms with Crippen molar-refractivity contribution >= 4 is 5.97 Å². The lowest BCUT2D eigenvalue weighted by atomic mass is 9.97. The van der Waals surface area contributed by atoms with E-state index in [9.17, 15) is 13.6 Å². The Bertz CT molecular complexity index is 212. The number of hydrogen-bond acceptors (Lipinski definition) is 2. The molecule has 3 atom stereocenters. The second kappa shape index (κ2) is 2.65. The number of aliphatic carboxylic acids is 1. The average molecular weight is 179 g/mol. The maximum Gasteiger partial charge on any atom is 0.326 e. The van der Waals surface area contributed by atoms with Crippen LogP contribution in [0.1, 0.15) is 6.92 Å². The molecule has 3 nitrogen and oxygen atoms in total. The summed E-state index contributed by atoms with van der Waals surface area (Å²) in [5.41, 5.74) is -1.71. The van der Waals surface area contributed by atoms with Gasteiger partial charge in [0.25, 0.3) is 0 Å². The molecule has 0 aromatic rings. The minimum Gasteiger partial charge on any atom is -0.480 e. The second-order valence-corrected chi connectivity index (χ2v) is 3.25. The number of carbonyl (C=O) groups is 1. The third kappa shape index (κ3) is 0.998. The van der Waals surface area contributed by atoms with Gasteiger partial charge < -0.3 is 5.11 Å². The normalized spacial score (nSPS) is 43.3. The highest BCUT2D eigenvalue weighted by Gasteiger charge is 2.55. The number of carboxylic acids is 1. The monoisotopic (exact) mass is 179 g/mol. The van der Waals surface area contributed by atoms with E-state index in [0.717, 1.165) is 0 Å². The van der Waals surface area contributed by atoms with Gasteiger partial charge in [-0.1, -0.05) is 0 Å². The van der Waals surface area contributed by atoms with E-state index in [1.165, 1.54) is 18.9 Å². The lowest BCUT2D eigenvalue weighted by Gasteiger charge is -2.28. The van der Waals surface area contributed by atoms with E-state index in [1.807, 2.05) is 0 Å². The van der Waals surface area contributed by atoms with Crippen LogP contribution in [0.25, 0.3) is 0 Å². The molecule has 0 aliphatic carbocycles. The van der Waals surface area contributed by atoms with Crippen LogP contribution in [0, 0.1) is 0 Å². The molecule has 0 saturated carbocycles. The van der Waals surface area contributed by atoms with E-state index in [0.29, 0.717) is 0 Å². The summed E-state index contributed by atoms with van der Waals surface area (Å²) >= 11 is 0. The summed E-state index contributed by atoms with van der Waals surface area (Å²) < 4.78 is 25.8. The molecule has 3 unspecified atom stereocenters. The zero-order valence-corrected chi connectivity index (χ0v) is 6.92. The van der Waals surface area contributed by atoms with Gasteiger partial charge in [0.1, 0.15) is 6.17 Å². The Labute approximate surface area is 69.0 Å². The molecule has 12 heavy (non-hydrogen) atoms. The van der Waals surface area contributed by atoms with Gasteiger partial charge in [-0.25, -0.2) is 8.78 Å². The highest BCUT2D eigenvalue weighted by Crippen LogP contribution is 2.32. The predicted octanol–water partition coefficient (Wildman–Crippen LogP) is 0.451. The Morgan fingerprint density at radius 3 is 2.33 bits per heavy atom. The first-order valence-corrected chi connectivity index (χ1v) is 3.63. The van der Waals surface area contributed by atoms with E-state index in [1.54, 1.807) is 0 Å². The molecule has 1 N–H and O–H groups in total. The molecule has 0 spiro atoms. The molecule has 1 heterocycles. The molecule has 0 amide bonds. The van der Waals surface area contributed by atoms with Crippen molar-refractivity contribution in [2.24, 2.45) is 0 Å². The molecule has 0 aromatic carbocycles. The summed E-state index contributed by atoms with van der Waals surface area (Å²) in [5.74, 6) is -1.32. The van der Waals surface area contributed by atoms with Gasteiger partial charge in [-0.05, 0) is 14.0 Å². The SMILES string of the molecule is CN1CC(F)C(F)C1(C)C(=O)O. The number of likely N-dealkylation sites (tertiary alicyclic amines) is 1. The summed E-state index contributed by atoms with van der Waals surface area (Å²) in [6.45, 7) is 1.03. The lowest BCUT2D eigenvalue weighted by molar-refractivity contribution is -0.150. The molecular formula is C7H11F2NO2. The van der Waals surface area contributed by atoms with Crippen LogP contribution in [0.5, 0.6) is 0 Å². The molecule has 1 aliphatic rings. The van der Waals surface area contributed by atoms with Crippen molar-refractivity contribution < 1.29 is 18.7 Å². The van der Waals surface area contributed by atoms with Crippen molar-refractivity contribution in [1.82, 2.24) is 4.90 Å². The fourth-order valence-corrected chi connectivity index (χ4v) is 1.39. The highest BCUT2D eigenvalue weighted by molar-refractivity contribution is 5.79. The Kier molecular flexibility index (Phi) is 2.07. The maximum absolute atomic E-state index is 13.1. The zero-order valence-electron chi connectivity index (χ0n) is 6.92. The van der Waals surface area contributed by atoms with E-state index < -0.39 is 23.9 Å². The van der Waals surface area contributed by atoms with E-state index in [-0.39, 0.29) is 6.54 Å². The zero-order chi connectivity index (χ0) is 9.52. The summed E-state index contributed by atoms with van der Waals surface area (Å²) in [6.07, 6.45) is -3.64. The Morgan fingerprint density at radius 1 is 1.67 bits per heavy atom. The van der Waals surface area contributed by atoms with Crippen LogP contribution in [-0.4, -0.2) is 47.5 Å². The maximum atomic E-state index is 13.1. The fraction of sp³-hybridized carbons (Fsp3) is 0.857. The van der Waals surface area contributed by atoms with E-state index in [2.05, 4.69) is 0 Å². The number of halogens is 2. The number of nitrogens with zero attached hydrogens (tertiary/aromatic N) is 1. The predicted molar refractivity (Wildman–Crippen MR) is 38.5 cm³/mol. The molecule has 1 aliphatic heterocycles. The minimum atomic E-state index is -1.94. The van der Waals surface area contributed by atoms with Crippen molar-refractivity contribution in [2.45, 2.75) is 24.8 Å². The van der Waals surface area contributed by atoms with Crippen LogP contribution in [0.15, 0.2) is 0 Å². The summed E-state index contributed by atoms with van der Waals surface area (Å²) in [4.78, 5) is 11.8. The summed E-state index contributed by atoms with van der Waals surface area (Å²) in [7, 11) is 1.40. The molecule has 0 bridgehead atoms. The van der Waals surface area contributed by atoms with Crippen molar-refractivity contribution in [3.05, 3.63) is 0 Å². The van der Waals surface area contributed by atoms with Crippen LogP contribution in [0.2, 0.25) is 0 Å². The highest BCUT2D eigenvalue weighted by atomic mass is 19.2. The first kappa shape index (κ1) is 9.38. The van der Waals surface area contributed by atoms with Crippen molar-refractivity contribution in [3.63, 3.8) is 0 Å². The number of hydrogen-bond donors (Lipinski definition) is 1. The molecule has 70 valence electrons. The topological polar surface area (TPSA) is 40.5 Å². The van der Waals surface area contributed by atoms with Gasteiger partial charge in [-0.15, -0.1) is 0 Å². The number of likely N-dealkylation sites (N-methyl/N-ethyl adjacent to an activating group) is 1. The fourth-order valence-electron chi connectivity index (χ4n) is 1.39. The van der Waals surface area contributed by atoms with Crippen molar-refractivity contribution in [2.75, 3.05) is 13.6 Å². The summed E-state index contributed by atoms with van der Waals surface area (Å²) in [5, 5.41) is 8.68. The average Bonchev–Trinajstić information content (AvgIpc) is 2.16. The number of carboxylic acid groups (broad SMARTS) is 1. The van der Waals surface area contributed by atoms with Gasteiger partial charge in [0.15, 0.2) is 11.7 Å². The molecule has 1 rings (SSSR count). The van der Waals surface area contributed by atoms with Crippen molar-refractivity contribution in [1.29, 1.82) is 0 Å². The van der Waals surface area contributed by atoms with Gasteiger partial charge in [0.05, 0.1) is 0 Å².